The van der Waals surface area contributed by atoms with E-state index in [4.69, 9.17) is 9.97 Å². The molecule has 3 fully saturated rings. The van der Waals surface area contributed by atoms with Crippen LogP contribution in [0.5, 0.6) is 0 Å². The van der Waals surface area contributed by atoms with E-state index < -0.39 is 23.6 Å². The minimum atomic E-state index is -0.960. The Morgan fingerprint density at radius 3 is 2.61 bits per heavy atom. The van der Waals surface area contributed by atoms with Gasteiger partial charge >= 0.3 is 0 Å². The summed E-state index contributed by atoms with van der Waals surface area (Å²) in [5.41, 5.74) is 5.76. The van der Waals surface area contributed by atoms with Gasteiger partial charge in [-0.25, -0.2) is 18.7 Å². The molecule has 12 heteroatoms. The number of benzene rings is 2. The molecule has 0 bridgehead atoms. The molecule has 1 aliphatic carbocycles. The van der Waals surface area contributed by atoms with Gasteiger partial charge in [0.25, 0.3) is 0 Å². The molecule has 0 radical (unpaired) electrons. The minimum absolute atomic E-state index is 0.0619. The van der Waals surface area contributed by atoms with Crippen molar-refractivity contribution in [3.8, 4) is 11.3 Å². The molecule has 1 amide bonds. The molecule has 51 heavy (non-hydrogen) atoms. The molecular formula is C39H48F2N8O2. The molecule has 1 saturated carbocycles. The van der Waals surface area contributed by atoms with Crippen LogP contribution in [0.1, 0.15) is 81.3 Å². The number of fused-ring (bicyclic) bond motifs is 3. The fourth-order valence-electron chi connectivity index (χ4n) is 8.85. The van der Waals surface area contributed by atoms with Crippen molar-refractivity contribution in [1.29, 1.82) is 0 Å². The van der Waals surface area contributed by atoms with E-state index in [9.17, 15) is 14.3 Å². The summed E-state index contributed by atoms with van der Waals surface area (Å²) < 4.78 is 31.8. The van der Waals surface area contributed by atoms with E-state index in [1.54, 1.807) is 26.4 Å². The van der Waals surface area contributed by atoms with E-state index in [-0.39, 0.29) is 23.7 Å². The molecule has 1 spiro atoms. The number of nitrogens with one attached hydrogen (secondary N) is 3. The monoisotopic (exact) mass is 698 g/mol. The molecule has 4 aromatic rings. The predicted octanol–water partition coefficient (Wildman–Crippen LogP) is 6.01. The maximum atomic E-state index is 15.5. The van der Waals surface area contributed by atoms with E-state index >= 15 is 4.39 Å². The van der Waals surface area contributed by atoms with Gasteiger partial charge in [0.15, 0.2) is 5.82 Å². The van der Waals surface area contributed by atoms with E-state index in [0.717, 1.165) is 74.1 Å². The van der Waals surface area contributed by atoms with Crippen LogP contribution in [0, 0.1) is 12.7 Å². The maximum absolute atomic E-state index is 15.5. The number of likely N-dealkylation sites (tertiary alicyclic amines) is 1. The number of hydrogen-bond acceptors (Lipinski definition) is 8. The van der Waals surface area contributed by atoms with E-state index in [1.807, 2.05) is 16.7 Å². The van der Waals surface area contributed by atoms with Crippen LogP contribution in [-0.4, -0.2) is 81.9 Å². The molecular weight excluding hydrogens is 650 g/mol. The van der Waals surface area contributed by atoms with Crippen molar-refractivity contribution in [3.05, 3.63) is 65.2 Å². The summed E-state index contributed by atoms with van der Waals surface area (Å²) in [4.78, 5) is 28.7. The number of aryl methyl sites for hydroxylation is 1. The number of aliphatic hydroxyl groups is 1. The zero-order valence-corrected chi connectivity index (χ0v) is 29.8. The lowest BCUT2D eigenvalue weighted by Gasteiger charge is -2.48. The first-order valence-electron chi connectivity index (χ1n) is 18.5. The molecule has 5 heterocycles. The Balaban J connectivity index is 1.19. The van der Waals surface area contributed by atoms with E-state index in [0.29, 0.717) is 47.2 Å². The number of aromatic nitrogens is 3. The second-order valence-electron chi connectivity index (χ2n) is 15.2. The quantitative estimate of drug-likeness (QED) is 0.166. The Morgan fingerprint density at radius 2 is 1.88 bits per heavy atom. The fourth-order valence-corrected chi connectivity index (χ4v) is 8.85. The highest BCUT2D eigenvalue weighted by Gasteiger charge is 2.55. The number of imidazole rings is 1. The van der Waals surface area contributed by atoms with Crippen LogP contribution < -0.4 is 20.9 Å². The van der Waals surface area contributed by atoms with Crippen molar-refractivity contribution in [3.63, 3.8) is 0 Å². The summed E-state index contributed by atoms with van der Waals surface area (Å²) >= 11 is 0. The molecule has 1 unspecified atom stereocenters. The number of alkyl halides is 1. The van der Waals surface area contributed by atoms with Gasteiger partial charge in [-0.1, -0.05) is 12.1 Å². The Kier molecular flexibility index (Phi) is 8.85. The van der Waals surface area contributed by atoms with Crippen LogP contribution in [0.15, 0.2) is 42.7 Å². The Labute approximate surface area is 297 Å². The molecule has 8 rings (SSSR count). The van der Waals surface area contributed by atoms with Gasteiger partial charge in [-0.2, -0.15) is 0 Å². The normalized spacial score (nSPS) is 24.0. The molecule has 2 atom stereocenters. The summed E-state index contributed by atoms with van der Waals surface area (Å²) in [7, 11) is 1.65. The van der Waals surface area contributed by atoms with Crippen molar-refractivity contribution in [2.45, 2.75) is 95.2 Å². The molecule has 2 aromatic heterocycles. The SMILES string of the molecule is CNC(O)c1cc(Nc2nc(-c3ccc4c(c3)N(C3CC(N5CCC[C@@H](F)C5)C3)C(=O)C43CCNCC3)cc3ncn(C(C)C)c23)c(F)cc1C. The Bertz CT molecular complexity index is 1970. The van der Waals surface area contributed by atoms with Crippen molar-refractivity contribution in [2.75, 3.05) is 43.4 Å². The first-order valence-corrected chi connectivity index (χ1v) is 18.5. The van der Waals surface area contributed by atoms with Gasteiger partial charge in [0.2, 0.25) is 5.91 Å². The topological polar surface area (TPSA) is 111 Å². The van der Waals surface area contributed by atoms with Crippen LogP contribution in [0.25, 0.3) is 22.3 Å². The predicted molar refractivity (Wildman–Crippen MR) is 196 cm³/mol. The minimum Gasteiger partial charge on any atom is -0.374 e. The van der Waals surface area contributed by atoms with Crippen molar-refractivity contribution in [1.82, 2.24) is 30.1 Å². The fraction of sp³-hybridized carbons (Fsp3) is 0.513. The van der Waals surface area contributed by atoms with E-state index in [2.05, 4.69) is 51.7 Å². The number of hydrogen-bond donors (Lipinski definition) is 4. The maximum Gasteiger partial charge on any atom is 0.238 e. The number of anilines is 3. The van der Waals surface area contributed by atoms with Gasteiger partial charge in [0, 0.05) is 41.5 Å². The van der Waals surface area contributed by atoms with Crippen molar-refractivity contribution < 1.29 is 18.7 Å². The third kappa shape index (κ3) is 5.80. The van der Waals surface area contributed by atoms with Gasteiger partial charge in [-0.15, -0.1) is 0 Å². The number of amides is 1. The number of piperidine rings is 2. The average molecular weight is 699 g/mol. The zero-order valence-electron chi connectivity index (χ0n) is 29.8. The lowest BCUT2D eigenvalue weighted by Crippen LogP contribution is -2.59. The number of pyridine rings is 1. The average Bonchev–Trinajstić information content (AvgIpc) is 3.63. The molecule has 4 aliphatic rings. The van der Waals surface area contributed by atoms with Crippen LogP contribution in [-0.2, 0) is 10.2 Å². The molecule has 270 valence electrons. The highest BCUT2D eigenvalue weighted by atomic mass is 19.1. The van der Waals surface area contributed by atoms with Gasteiger partial charge in [0.1, 0.15) is 23.7 Å². The molecule has 2 aromatic carbocycles. The third-order valence-corrected chi connectivity index (χ3v) is 11.8. The van der Waals surface area contributed by atoms with Crippen molar-refractivity contribution in [2.24, 2.45) is 0 Å². The number of rotatable bonds is 8. The molecule has 2 saturated heterocycles. The molecule has 10 nitrogen and oxygen atoms in total. The lowest BCUT2D eigenvalue weighted by molar-refractivity contribution is -0.125. The number of halogens is 2. The first kappa shape index (κ1) is 34.1. The smallest absolute Gasteiger partial charge is 0.238 e. The molecule has 4 N–H and O–H groups in total. The van der Waals surface area contributed by atoms with Gasteiger partial charge in [-0.3, -0.25) is 15.0 Å². The summed E-state index contributed by atoms with van der Waals surface area (Å²) in [6, 6.07) is 11.7. The Hall–Kier alpha value is -3.97. The summed E-state index contributed by atoms with van der Waals surface area (Å²) in [5, 5.41) is 20.1. The summed E-state index contributed by atoms with van der Waals surface area (Å²) in [5.74, 6) is 0.163. The van der Waals surface area contributed by atoms with Crippen LogP contribution in [0.3, 0.4) is 0 Å². The van der Waals surface area contributed by atoms with Crippen LogP contribution in [0.4, 0.5) is 26.0 Å². The number of carbonyl (C=O) groups excluding carboxylic acids is 1. The highest BCUT2D eigenvalue weighted by molar-refractivity contribution is 6.09. The standard InChI is InChI=1S/C39H48F2N8O2/c1-22(2)48-21-44-33-19-31(45-36(35(33)48)46-32-18-28(37(50)42-4)23(3)14-30(32)41)24-7-8-29-34(15-24)49(38(51)39(29)9-11-43-12-10-39)27-16-26(17-27)47-13-5-6-25(40)20-47/h7-8,14-15,18-19,21-22,25-27,37,42-43,50H,5-6,9-13,16-17,20H2,1-4H3,(H,45,46)/t25-,26?,27?,37?/m1/s1. The van der Waals surface area contributed by atoms with Gasteiger partial charge in [0.05, 0.1) is 28.6 Å². The zero-order chi connectivity index (χ0) is 35.6. The van der Waals surface area contributed by atoms with Gasteiger partial charge < -0.3 is 25.2 Å². The number of aliphatic hydroxyl groups excluding tert-OH is 1. The second-order valence-corrected chi connectivity index (χ2v) is 15.2. The third-order valence-electron chi connectivity index (χ3n) is 11.8. The van der Waals surface area contributed by atoms with Crippen LogP contribution in [0.2, 0.25) is 0 Å². The van der Waals surface area contributed by atoms with Crippen molar-refractivity contribution >= 4 is 34.1 Å². The summed E-state index contributed by atoms with van der Waals surface area (Å²) in [6.45, 7) is 8.86. The summed E-state index contributed by atoms with van der Waals surface area (Å²) in [6.07, 6.45) is 4.74. The lowest BCUT2D eigenvalue weighted by atomic mass is 9.74. The first-order chi connectivity index (χ1) is 24.6. The van der Waals surface area contributed by atoms with Crippen LogP contribution >= 0.6 is 0 Å². The largest absolute Gasteiger partial charge is 0.374 e. The number of nitrogens with zero attached hydrogens (tertiary/aromatic N) is 5. The second kappa shape index (κ2) is 13.2. The Morgan fingerprint density at radius 1 is 1.10 bits per heavy atom. The van der Waals surface area contributed by atoms with E-state index in [1.165, 1.54) is 6.07 Å². The highest BCUT2D eigenvalue weighted by Crippen LogP contribution is 2.51. The molecule has 3 aliphatic heterocycles. The number of carbonyl (C=O) groups is 1. The van der Waals surface area contributed by atoms with Gasteiger partial charge in [-0.05, 0) is 121 Å².